The molecule has 1 aromatic carbocycles. The fourth-order valence-corrected chi connectivity index (χ4v) is 2.25. The van der Waals surface area contributed by atoms with Crippen LogP contribution in [0.1, 0.15) is 11.1 Å². The van der Waals surface area contributed by atoms with Gasteiger partial charge in [0.2, 0.25) is 0 Å². The number of hydrogen-bond acceptors (Lipinski definition) is 2. The normalized spacial score (nSPS) is 10.9. The van der Waals surface area contributed by atoms with E-state index >= 15 is 0 Å². The van der Waals surface area contributed by atoms with Gasteiger partial charge in [-0.25, -0.2) is 4.39 Å². The van der Waals surface area contributed by atoms with Gasteiger partial charge >= 0.3 is 0 Å². The third-order valence-corrected chi connectivity index (χ3v) is 3.31. The largest absolute Gasteiger partial charge is 0.275 e. The van der Waals surface area contributed by atoms with Crippen LogP contribution < -0.4 is 0 Å². The minimum atomic E-state index is -0.192. The van der Waals surface area contributed by atoms with Gasteiger partial charge in [0.15, 0.2) is 0 Å². The van der Waals surface area contributed by atoms with Gasteiger partial charge in [-0.15, -0.1) is 0 Å². The van der Waals surface area contributed by atoms with E-state index in [1.165, 1.54) is 6.07 Å². The van der Waals surface area contributed by atoms with Crippen molar-refractivity contribution in [2.75, 3.05) is 0 Å². The molecule has 0 bridgehead atoms. The second kappa shape index (κ2) is 4.92. The highest BCUT2D eigenvalue weighted by molar-refractivity contribution is 5.65. The van der Waals surface area contributed by atoms with E-state index in [2.05, 4.69) is 10.2 Å². The van der Waals surface area contributed by atoms with Gasteiger partial charge in [-0.1, -0.05) is 12.1 Å². The molecule has 0 radical (unpaired) electrons. The SMILES string of the molecule is Cc1c(F)cccc1-c1cnn(Cc2cnn(C)c2)c1. The summed E-state index contributed by atoms with van der Waals surface area (Å²) >= 11 is 0. The smallest absolute Gasteiger partial charge is 0.126 e. The van der Waals surface area contributed by atoms with Crippen molar-refractivity contribution in [3.05, 3.63) is 59.9 Å². The molecule has 0 saturated carbocycles. The molecule has 102 valence electrons. The van der Waals surface area contributed by atoms with E-state index in [9.17, 15) is 4.39 Å². The minimum absolute atomic E-state index is 0.192. The summed E-state index contributed by atoms with van der Waals surface area (Å²) < 4.78 is 17.2. The number of nitrogens with zero attached hydrogens (tertiary/aromatic N) is 4. The maximum absolute atomic E-state index is 13.6. The van der Waals surface area contributed by atoms with Crippen molar-refractivity contribution in [2.24, 2.45) is 7.05 Å². The average Bonchev–Trinajstić information content (AvgIpc) is 3.03. The van der Waals surface area contributed by atoms with Crippen LogP contribution in [0, 0.1) is 12.7 Å². The van der Waals surface area contributed by atoms with Crippen molar-refractivity contribution in [1.82, 2.24) is 19.6 Å². The van der Waals surface area contributed by atoms with Crippen LogP contribution in [0.4, 0.5) is 4.39 Å². The lowest BCUT2D eigenvalue weighted by molar-refractivity contribution is 0.619. The summed E-state index contributed by atoms with van der Waals surface area (Å²) in [5.74, 6) is -0.192. The third-order valence-electron chi connectivity index (χ3n) is 3.31. The Balaban J connectivity index is 1.88. The van der Waals surface area contributed by atoms with Crippen LogP contribution in [-0.2, 0) is 13.6 Å². The molecule has 0 aliphatic rings. The van der Waals surface area contributed by atoms with Crippen molar-refractivity contribution in [3.63, 3.8) is 0 Å². The molecule has 2 heterocycles. The minimum Gasteiger partial charge on any atom is -0.275 e. The Bertz CT molecular complexity index is 742. The molecule has 20 heavy (non-hydrogen) atoms. The molecule has 0 aliphatic heterocycles. The summed E-state index contributed by atoms with van der Waals surface area (Å²) in [6.07, 6.45) is 7.45. The molecule has 0 N–H and O–H groups in total. The topological polar surface area (TPSA) is 35.6 Å². The highest BCUT2D eigenvalue weighted by Crippen LogP contribution is 2.24. The number of halogens is 1. The molecule has 4 nitrogen and oxygen atoms in total. The highest BCUT2D eigenvalue weighted by atomic mass is 19.1. The second-order valence-corrected chi connectivity index (χ2v) is 4.86. The van der Waals surface area contributed by atoms with E-state index < -0.39 is 0 Å². The summed E-state index contributed by atoms with van der Waals surface area (Å²) in [5, 5.41) is 8.45. The van der Waals surface area contributed by atoms with Gasteiger partial charge in [-0.05, 0) is 24.1 Å². The fourth-order valence-electron chi connectivity index (χ4n) is 2.25. The van der Waals surface area contributed by atoms with Gasteiger partial charge in [-0.2, -0.15) is 10.2 Å². The first kappa shape index (κ1) is 12.6. The van der Waals surface area contributed by atoms with Gasteiger partial charge in [0.05, 0.1) is 18.9 Å². The van der Waals surface area contributed by atoms with E-state index in [4.69, 9.17) is 0 Å². The van der Waals surface area contributed by atoms with E-state index in [1.54, 1.807) is 23.9 Å². The Labute approximate surface area is 116 Å². The van der Waals surface area contributed by atoms with Crippen LogP contribution in [-0.4, -0.2) is 19.6 Å². The Morgan fingerprint density at radius 3 is 2.75 bits per heavy atom. The van der Waals surface area contributed by atoms with Crippen LogP contribution in [0.5, 0.6) is 0 Å². The first-order chi connectivity index (χ1) is 9.63. The molecule has 0 atom stereocenters. The van der Waals surface area contributed by atoms with Crippen LogP contribution in [0.2, 0.25) is 0 Å². The fraction of sp³-hybridized carbons (Fsp3) is 0.200. The molecular weight excluding hydrogens is 255 g/mol. The summed E-state index contributed by atoms with van der Waals surface area (Å²) in [7, 11) is 1.88. The van der Waals surface area contributed by atoms with Crippen molar-refractivity contribution >= 4 is 0 Å². The zero-order valence-corrected chi connectivity index (χ0v) is 11.4. The molecule has 0 aliphatic carbocycles. The van der Waals surface area contributed by atoms with Gasteiger partial charge < -0.3 is 0 Å². The Kier molecular flexibility index (Phi) is 3.10. The average molecular weight is 270 g/mol. The number of rotatable bonds is 3. The number of aryl methyl sites for hydroxylation is 1. The molecular formula is C15H15FN4. The first-order valence-corrected chi connectivity index (χ1v) is 6.39. The van der Waals surface area contributed by atoms with Gasteiger partial charge in [-0.3, -0.25) is 9.36 Å². The van der Waals surface area contributed by atoms with E-state index in [-0.39, 0.29) is 5.82 Å². The second-order valence-electron chi connectivity index (χ2n) is 4.86. The molecule has 0 unspecified atom stereocenters. The van der Waals surface area contributed by atoms with Gasteiger partial charge in [0.25, 0.3) is 0 Å². The zero-order valence-electron chi connectivity index (χ0n) is 11.4. The summed E-state index contributed by atoms with van der Waals surface area (Å²) in [6, 6.07) is 5.10. The van der Waals surface area contributed by atoms with Crippen molar-refractivity contribution < 1.29 is 4.39 Å². The first-order valence-electron chi connectivity index (χ1n) is 6.39. The van der Waals surface area contributed by atoms with E-state index in [0.29, 0.717) is 12.1 Å². The third kappa shape index (κ3) is 2.34. The monoisotopic (exact) mass is 270 g/mol. The molecule has 3 aromatic rings. The molecule has 5 heteroatoms. The molecule has 0 fully saturated rings. The molecule has 0 saturated heterocycles. The predicted molar refractivity (Wildman–Crippen MR) is 74.7 cm³/mol. The van der Waals surface area contributed by atoms with E-state index in [1.807, 2.05) is 36.4 Å². The lowest BCUT2D eigenvalue weighted by Crippen LogP contribution is -1.98. The van der Waals surface area contributed by atoms with Gasteiger partial charge in [0.1, 0.15) is 5.82 Å². The predicted octanol–water partition coefficient (Wildman–Crippen LogP) is 2.78. The zero-order chi connectivity index (χ0) is 14.1. The molecule has 3 rings (SSSR count). The lowest BCUT2D eigenvalue weighted by atomic mass is 10.0. The van der Waals surface area contributed by atoms with Gasteiger partial charge in [0, 0.05) is 30.6 Å². The quantitative estimate of drug-likeness (QED) is 0.733. The highest BCUT2D eigenvalue weighted by Gasteiger charge is 2.08. The van der Waals surface area contributed by atoms with Crippen LogP contribution in [0.25, 0.3) is 11.1 Å². The molecule has 0 spiro atoms. The Hall–Kier alpha value is -2.43. The molecule has 2 aromatic heterocycles. The number of benzene rings is 1. The molecule has 0 amide bonds. The number of hydrogen-bond donors (Lipinski definition) is 0. The summed E-state index contributed by atoms with van der Waals surface area (Å²) in [6.45, 7) is 2.44. The number of aromatic nitrogens is 4. The summed E-state index contributed by atoms with van der Waals surface area (Å²) in [5.41, 5.74) is 3.53. The standard InChI is InChI=1S/C15H15FN4/c1-11-14(4-3-5-15(11)16)13-7-18-20(10-13)9-12-6-17-19(2)8-12/h3-8,10H,9H2,1-2H3. The maximum Gasteiger partial charge on any atom is 0.126 e. The van der Waals surface area contributed by atoms with E-state index in [0.717, 1.165) is 16.7 Å². The lowest BCUT2D eigenvalue weighted by Gasteiger charge is -2.03. The van der Waals surface area contributed by atoms with Crippen molar-refractivity contribution in [2.45, 2.75) is 13.5 Å². The van der Waals surface area contributed by atoms with Crippen LogP contribution >= 0.6 is 0 Å². The maximum atomic E-state index is 13.6. The van der Waals surface area contributed by atoms with Crippen molar-refractivity contribution in [1.29, 1.82) is 0 Å². The summed E-state index contributed by atoms with van der Waals surface area (Å²) in [4.78, 5) is 0. The van der Waals surface area contributed by atoms with Crippen LogP contribution in [0.3, 0.4) is 0 Å². The van der Waals surface area contributed by atoms with Crippen LogP contribution in [0.15, 0.2) is 43.0 Å². The Morgan fingerprint density at radius 1 is 1.15 bits per heavy atom. The van der Waals surface area contributed by atoms with Crippen molar-refractivity contribution in [3.8, 4) is 11.1 Å². The Morgan fingerprint density at radius 2 is 2.00 bits per heavy atom.